The largest absolute Gasteiger partial charge is 0.395 e. The zero-order valence-electron chi connectivity index (χ0n) is 15.6. The van der Waals surface area contributed by atoms with Gasteiger partial charge in [-0.15, -0.1) is 6.58 Å². The van der Waals surface area contributed by atoms with Crippen molar-refractivity contribution in [1.29, 1.82) is 0 Å². The van der Waals surface area contributed by atoms with Crippen LogP contribution in [0.15, 0.2) is 66.1 Å². The summed E-state index contributed by atoms with van der Waals surface area (Å²) >= 11 is 6.20. The number of rotatable bonds is 9. The maximum absolute atomic E-state index is 13.3. The lowest BCUT2D eigenvalue weighted by Gasteiger charge is -2.24. The molecule has 0 heterocycles. The lowest BCUT2D eigenvalue weighted by molar-refractivity contribution is 0.0731. The molecular weight excluding hydrogens is 400 g/mol. The molecule has 1 amide bonds. The van der Waals surface area contributed by atoms with Crippen molar-refractivity contribution in [2.75, 3.05) is 30.5 Å². The van der Waals surface area contributed by atoms with Crippen molar-refractivity contribution in [3.8, 4) is 0 Å². The fourth-order valence-corrected chi connectivity index (χ4v) is 4.65. The molecule has 2 aromatic rings. The summed E-state index contributed by atoms with van der Waals surface area (Å²) in [5, 5.41) is 9.14. The lowest BCUT2D eigenvalue weighted by atomic mass is 10.2. The van der Waals surface area contributed by atoms with E-state index in [1.165, 1.54) is 33.5 Å². The molecule has 6 nitrogen and oxygen atoms in total. The molecule has 8 heteroatoms. The summed E-state index contributed by atoms with van der Waals surface area (Å²) in [5.41, 5.74) is 0.649. The van der Waals surface area contributed by atoms with Crippen molar-refractivity contribution in [2.24, 2.45) is 0 Å². The Balaban J connectivity index is 2.52. The Labute approximate surface area is 170 Å². The number of para-hydroxylation sites is 1. The molecule has 150 valence electrons. The Morgan fingerprint density at radius 1 is 1.21 bits per heavy atom. The Hall–Kier alpha value is -2.35. The lowest BCUT2D eigenvalue weighted by Crippen LogP contribution is -2.34. The van der Waals surface area contributed by atoms with Gasteiger partial charge in [0.25, 0.3) is 15.9 Å². The van der Waals surface area contributed by atoms with E-state index in [1.54, 1.807) is 37.3 Å². The van der Waals surface area contributed by atoms with Crippen LogP contribution in [0.1, 0.15) is 17.3 Å². The Kier molecular flexibility index (Phi) is 7.62. The van der Waals surface area contributed by atoms with E-state index in [-0.39, 0.29) is 41.1 Å². The summed E-state index contributed by atoms with van der Waals surface area (Å²) < 4.78 is 27.8. The number of halogens is 1. The summed E-state index contributed by atoms with van der Waals surface area (Å²) in [6.45, 7) is 5.82. The van der Waals surface area contributed by atoms with Crippen LogP contribution < -0.4 is 4.31 Å². The van der Waals surface area contributed by atoms with Gasteiger partial charge in [0.15, 0.2) is 0 Å². The first-order valence-electron chi connectivity index (χ1n) is 8.75. The second-order valence-corrected chi connectivity index (χ2v) is 8.15. The van der Waals surface area contributed by atoms with Gasteiger partial charge >= 0.3 is 0 Å². The van der Waals surface area contributed by atoms with Crippen molar-refractivity contribution in [1.82, 2.24) is 4.90 Å². The summed E-state index contributed by atoms with van der Waals surface area (Å²) in [5.74, 6) is -0.375. The molecule has 0 saturated carbocycles. The van der Waals surface area contributed by atoms with Crippen LogP contribution in [0.2, 0.25) is 5.02 Å². The van der Waals surface area contributed by atoms with E-state index in [0.29, 0.717) is 12.2 Å². The van der Waals surface area contributed by atoms with Crippen molar-refractivity contribution in [2.45, 2.75) is 11.8 Å². The quantitative estimate of drug-likeness (QED) is 0.629. The van der Waals surface area contributed by atoms with Crippen molar-refractivity contribution >= 4 is 33.2 Å². The van der Waals surface area contributed by atoms with Crippen LogP contribution in [-0.4, -0.2) is 50.6 Å². The van der Waals surface area contributed by atoms with Gasteiger partial charge in [-0.2, -0.15) is 0 Å². The molecule has 0 fully saturated rings. The number of likely N-dealkylation sites (N-methyl/N-ethyl adjacent to an activating group) is 1. The van der Waals surface area contributed by atoms with Crippen LogP contribution in [0, 0.1) is 0 Å². The zero-order chi connectivity index (χ0) is 20.7. The number of sulfonamides is 1. The van der Waals surface area contributed by atoms with Crippen LogP contribution in [-0.2, 0) is 10.0 Å². The van der Waals surface area contributed by atoms with Gasteiger partial charge in [-0.1, -0.05) is 35.9 Å². The van der Waals surface area contributed by atoms with Crippen LogP contribution in [0.25, 0.3) is 0 Å². The summed E-state index contributed by atoms with van der Waals surface area (Å²) in [4.78, 5) is 13.9. The first-order valence-corrected chi connectivity index (χ1v) is 10.6. The fraction of sp³-hybridized carbons (Fsp3) is 0.250. The van der Waals surface area contributed by atoms with Crippen LogP contribution in [0.4, 0.5) is 5.69 Å². The maximum atomic E-state index is 13.3. The fourth-order valence-electron chi connectivity index (χ4n) is 2.71. The number of anilines is 1. The predicted octanol–water partition coefficient (Wildman–Crippen LogP) is 3.18. The number of carbonyl (C=O) groups is 1. The molecular formula is C20H23ClN2O4S. The van der Waals surface area contributed by atoms with Crippen LogP contribution in [0.5, 0.6) is 0 Å². The minimum absolute atomic E-state index is 0.0201. The number of hydrogen-bond acceptors (Lipinski definition) is 4. The third-order valence-corrected chi connectivity index (χ3v) is 6.40. The number of nitrogens with zero attached hydrogens (tertiary/aromatic N) is 2. The molecule has 0 saturated heterocycles. The van der Waals surface area contributed by atoms with E-state index in [9.17, 15) is 13.2 Å². The van der Waals surface area contributed by atoms with Crippen LogP contribution >= 0.6 is 11.6 Å². The van der Waals surface area contributed by atoms with Gasteiger partial charge in [0.2, 0.25) is 0 Å². The normalized spacial score (nSPS) is 11.1. The van der Waals surface area contributed by atoms with Gasteiger partial charge in [-0.05, 0) is 37.3 Å². The number of carbonyl (C=O) groups excluding carboxylic acids is 1. The highest BCUT2D eigenvalue weighted by molar-refractivity contribution is 7.93. The number of amides is 1. The molecule has 28 heavy (non-hydrogen) atoms. The summed E-state index contributed by atoms with van der Waals surface area (Å²) in [6, 6.07) is 12.7. The third-order valence-electron chi connectivity index (χ3n) is 4.12. The van der Waals surface area contributed by atoms with E-state index in [4.69, 9.17) is 16.7 Å². The average Bonchev–Trinajstić information content (AvgIpc) is 2.70. The molecule has 0 aliphatic rings. The molecule has 0 spiro atoms. The molecule has 0 aromatic heterocycles. The molecule has 2 aromatic carbocycles. The highest BCUT2D eigenvalue weighted by atomic mass is 35.5. The highest BCUT2D eigenvalue weighted by Crippen LogP contribution is 2.29. The number of hydrogen-bond donors (Lipinski definition) is 1. The van der Waals surface area contributed by atoms with E-state index in [2.05, 4.69) is 6.58 Å². The molecule has 0 unspecified atom stereocenters. The molecule has 0 radical (unpaired) electrons. The molecule has 1 N–H and O–H groups in total. The molecule has 2 rings (SSSR count). The van der Waals surface area contributed by atoms with Gasteiger partial charge in [0, 0.05) is 18.7 Å². The Morgan fingerprint density at radius 2 is 1.89 bits per heavy atom. The van der Waals surface area contributed by atoms with Gasteiger partial charge in [-0.3, -0.25) is 9.10 Å². The zero-order valence-corrected chi connectivity index (χ0v) is 17.2. The van der Waals surface area contributed by atoms with Crippen molar-refractivity contribution in [3.05, 3.63) is 71.8 Å². The van der Waals surface area contributed by atoms with Crippen molar-refractivity contribution < 1.29 is 18.3 Å². The second kappa shape index (κ2) is 9.73. The molecule has 0 atom stereocenters. The third kappa shape index (κ3) is 4.73. The molecule has 0 aliphatic heterocycles. The topological polar surface area (TPSA) is 77.9 Å². The standard InChI is InChI=1S/C20H23ClN2O4S/c1-3-12-23(17-8-6-5-7-9-17)28(26,27)19-15-16(10-11-18(19)21)20(25)22(4-2)13-14-24/h3,5-11,15,24H,1,4,12-14H2,2H3. The van der Waals surface area contributed by atoms with Gasteiger partial charge in [-0.25, -0.2) is 8.42 Å². The predicted molar refractivity (Wildman–Crippen MR) is 111 cm³/mol. The minimum Gasteiger partial charge on any atom is -0.395 e. The van der Waals surface area contributed by atoms with Gasteiger partial charge in [0.05, 0.1) is 23.9 Å². The second-order valence-electron chi connectivity index (χ2n) is 5.91. The maximum Gasteiger partial charge on any atom is 0.266 e. The van der Waals surface area contributed by atoms with E-state index in [0.717, 1.165) is 0 Å². The monoisotopic (exact) mass is 422 g/mol. The summed E-state index contributed by atoms with van der Waals surface area (Å²) in [7, 11) is -4.04. The summed E-state index contributed by atoms with van der Waals surface area (Å²) in [6.07, 6.45) is 1.48. The van der Waals surface area contributed by atoms with Crippen LogP contribution in [0.3, 0.4) is 0 Å². The SMILES string of the molecule is C=CCN(c1ccccc1)S(=O)(=O)c1cc(C(=O)N(CC)CCO)ccc1Cl. The van der Waals surface area contributed by atoms with E-state index in [1.807, 2.05) is 0 Å². The van der Waals surface area contributed by atoms with E-state index < -0.39 is 10.0 Å². The average molecular weight is 423 g/mol. The van der Waals surface area contributed by atoms with Gasteiger partial charge in [0.1, 0.15) is 4.90 Å². The Morgan fingerprint density at radius 3 is 2.46 bits per heavy atom. The van der Waals surface area contributed by atoms with E-state index >= 15 is 0 Å². The minimum atomic E-state index is -4.04. The first kappa shape index (κ1) is 21.9. The first-order chi connectivity index (χ1) is 13.4. The smallest absolute Gasteiger partial charge is 0.266 e. The number of benzene rings is 2. The highest BCUT2D eigenvalue weighted by Gasteiger charge is 2.28. The molecule has 0 aliphatic carbocycles. The Bertz CT molecular complexity index is 932. The van der Waals surface area contributed by atoms with Gasteiger partial charge < -0.3 is 10.0 Å². The van der Waals surface area contributed by atoms with Crippen molar-refractivity contribution in [3.63, 3.8) is 0 Å². The number of aliphatic hydroxyl groups excluding tert-OH is 1. The molecule has 0 bridgehead atoms. The number of aliphatic hydroxyl groups is 1.